The Kier molecular flexibility index (Phi) is 2.52. The first-order valence-electron chi connectivity index (χ1n) is 4.65. The van der Waals surface area contributed by atoms with Crippen molar-refractivity contribution in [1.29, 1.82) is 0 Å². The summed E-state index contributed by atoms with van der Waals surface area (Å²) >= 11 is 0. The zero-order valence-electron chi connectivity index (χ0n) is 7.90. The predicted molar refractivity (Wildman–Crippen MR) is 49.2 cm³/mol. The highest BCUT2D eigenvalue weighted by atomic mass is 19.3. The van der Waals surface area contributed by atoms with E-state index in [4.69, 9.17) is 5.73 Å². The third kappa shape index (κ3) is 1.90. The van der Waals surface area contributed by atoms with Crippen LogP contribution in [0.25, 0.3) is 0 Å². The first kappa shape index (κ1) is 10.2. The Labute approximate surface area is 85.2 Å². The fraction of sp³-hybridized carbons (Fsp3) is 0.556. The monoisotopic (exact) mass is 215 g/mol. The first-order chi connectivity index (χ1) is 7.08. The molecule has 0 saturated carbocycles. The number of nitrogens with two attached hydrogens (primary N) is 1. The highest BCUT2D eigenvalue weighted by Crippen LogP contribution is 2.34. The van der Waals surface area contributed by atoms with Crippen LogP contribution in [-0.4, -0.2) is 21.5 Å². The predicted octanol–water partition coefficient (Wildman–Crippen LogP) is 0.920. The number of rotatable bonds is 1. The second-order valence-electron chi connectivity index (χ2n) is 3.68. The maximum atomic E-state index is 12.5. The van der Waals surface area contributed by atoms with E-state index in [1.807, 2.05) is 0 Å². The van der Waals surface area contributed by atoms with E-state index in [1.165, 1.54) is 6.20 Å². The minimum absolute atomic E-state index is 0.0517. The third-order valence-electron chi connectivity index (χ3n) is 2.62. The lowest BCUT2D eigenvalue weighted by atomic mass is 9.86. The molecule has 3 N–H and O–H groups in total. The van der Waals surface area contributed by atoms with Crippen LogP contribution in [0.3, 0.4) is 0 Å². The van der Waals surface area contributed by atoms with Gasteiger partial charge in [-0.25, -0.2) is 18.7 Å². The van der Waals surface area contributed by atoms with Gasteiger partial charge in [0.15, 0.2) is 0 Å². The lowest BCUT2D eigenvalue weighted by Gasteiger charge is -2.26. The fourth-order valence-electron chi connectivity index (χ4n) is 1.82. The van der Waals surface area contributed by atoms with Gasteiger partial charge in [-0.3, -0.25) is 0 Å². The molecule has 0 amide bonds. The molecular formula is C9H11F2N3O. The smallest absolute Gasteiger partial charge is 0.241 e. The Hall–Kier alpha value is -1.30. The first-order valence-corrected chi connectivity index (χ1v) is 4.65. The number of nitrogens with zero attached hydrogens (tertiary/aromatic N) is 2. The molecule has 0 aliphatic heterocycles. The summed E-state index contributed by atoms with van der Waals surface area (Å²) in [5.41, 5.74) is 6.31. The summed E-state index contributed by atoms with van der Waals surface area (Å²) < 4.78 is 25.0. The number of halogens is 2. The zero-order chi connectivity index (χ0) is 11.0. The van der Waals surface area contributed by atoms with Crippen molar-refractivity contribution >= 4 is 5.95 Å². The molecule has 82 valence electrons. The van der Waals surface area contributed by atoms with Crippen LogP contribution in [0.15, 0.2) is 6.20 Å². The number of anilines is 1. The second-order valence-corrected chi connectivity index (χ2v) is 3.68. The molecule has 0 fully saturated rings. The summed E-state index contributed by atoms with van der Waals surface area (Å²) in [4.78, 5) is 7.60. The van der Waals surface area contributed by atoms with E-state index in [9.17, 15) is 13.9 Å². The Morgan fingerprint density at radius 2 is 2.27 bits per heavy atom. The minimum Gasteiger partial charge on any atom is -0.388 e. The molecule has 15 heavy (non-hydrogen) atoms. The molecule has 2 atom stereocenters. The van der Waals surface area contributed by atoms with Crippen molar-refractivity contribution in [2.75, 3.05) is 5.73 Å². The van der Waals surface area contributed by atoms with Gasteiger partial charge in [-0.15, -0.1) is 0 Å². The van der Waals surface area contributed by atoms with Gasteiger partial charge in [0, 0.05) is 17.7 Å². The Morgan fingerprint density at radius 3 is 2.93 bits per heavy atom. The maximum absolute atomic E-state index is 12.5. The number of aliphatic hydroxyl groups excluding tert-OH is 1. The molecule has 2 rings (SSSR count). The molecule has 2 unspecified atom stereocenters. The Balaban J connectivity index is 2.33. The normalized spacial score (nSPS) is 25.3. The van der Waals surface area contributed by atoms with Crippen LogP contribution < -0.4 is 5.73 Å². The standard InChI is InChI=1S/C9H11F2N3O/c10-8(11)4-1-6-5(7(15)2-4)3-13-9(12)14-6/h3-4,7-8,15H,1-2H2,(H2,12,13,14). The molecular weight excluding hydrogens is 204 g/mol. The minimum atomic E-state index is -2.44. The molecule has 6 heteroatoms. The third-order valence-corrected chi connectivity index (χ3v) is 2.62. The van der Waals surface area contributed by atoms with Crippen molar-refractivity contribution in [3.8, 4) is 0 Å². The van der Waals surface area contributed by atoms with Crippen molar-refractivity contribution in [3.63, 3.8) is 0 Å². The summed E-state index contributed by atoms with van der Waals surface area (Å²) in [6.45, 7) is 0. The number of alkyl halides is 2. The zero-order valence-corrected chi connectivity index (χ0v) is 7.90. The van der Waals surface area contributed by atoms with Gasteiger partial charge in [-0.1, -0.05) is 0 Å². The fourth-order valence-corrected chi connectivity index (χ4v) is 1.82. The van der Waals surface area contributed by atoms with E-state index in [1.54, 1.807) is 0 Å². The largest absolute Gasteiger partial charge is 0.388 e. The average Bonchev–Trinajstić information content (AvgIpc) is 2.16. The van der Waals surface area contributed by atoms with Gasteiger partial charge in [-0.05, 0) is 12.8 Å². The number of aliphatic hydroxyl groups is 1. The number of nitrogen functional groups attached to an aromatic ring is 1. The van der Waals surface area contributed by atoms with Gasteiger partial charge in [0.25, 0.3) is 0 Å². The van der Waals surface area contributed by atoms with Crippen LogP contribution in [0, 0.1) is 5.92 Å². The highest BCUT2D eigenvalue weighted by Gasteiger charge is 2.32. The van der Waals surface area contributed by atoms with Gasteiger partial charge in [0.05, 0.1) is 11.8 Å². The Morgan fingerprint density at radius 1 is 1.53 bits per heavy atom. The number of hydrogen-bond acceptors (Lipinski definition) is 4. The molecule has 0 radical (unpaired) electrons. The number of fused-ring (bicyclic) bond motifs is 1. The molecule has 1 aliphatic carbocycles. The summed E-state index contributed by atoms with van der Waals surface area (Å²) in [6, 6.07) is 0. The van der Waals surface area contributed by atoms with E-state index in [-0.39, 0.29) is 18.8 Å². The van der Waals surface area contributed by atoms with Gasteiger partial charge in [0.1, 0.15) is 0 Å². The van der Waals surface area contributed by atoms with Crippen LogP contribution in [0.5, 0.6) is 0 Å². The van der Waals surface area contributed by atoms with Gasteiger partial charge in [-0.2, -0.15) is 0 Å². The topological polar surface area (TPSA) is 72.0 Å². The molecule has 4 nitrogen and oxygen atoms in total. The van der Waals surface area contributed by atoms with E-state index in [0.29, 0.717) is 11.3 Å². The average molecular weight is 215 g/mol. The van der Waals surface area contributed by atoms with Crippen molar-refractivity contribution in [2.45, 2.75) is 25.4 Å². The number of hydrogen-bond donors (Lipinski definition) is 2. The lowest BCUT2D eigenvalue weighted by molar-refractivity contribution is 0.0291. The van der Waals surface area contributed by atoms with Gasteiger partial charge < -0.3 is 10.8 Å². The van der Waals surface area contributed by atoms with Crippen molar-refractivity contribution in [2.24, 2.45) is 5.92 Å². The van der Waals surface area contributed by atoms with E-state index < -0.39 is 18.4 Å². The molecule has 0 aromatic carbocycles. The van der Waals surface area contributed by atoms with Crippen molar-refractivity contribution in [3.05, 3.63) is 17.5 Å². The van der Waals surface area contributed by atoms with Crippen LogP contribution in [0.2, 0.25) is 0 Å². The summed E-state index contributed by atoms with van der Waals surface area (Å²) in [7, 11) is 0. The molecule has 1 aromatic heterocycles. The van der Waals surface area contributed by atoms with Gasteiger partial charge >= 0.3 is 0 Å². The van der Waals surface area contributed by atoms with Crippen LogP contribution in [0.1, 0.15) is 23.8 Å². The van der Waals surface area contributed by atoms with E-state index >= 15 is 0 Å². The molecule has 1 heterocycles. The van der Waals surface area contributed by atoms with Gasteiger partial charge in [0.2, 0.25) is 12.4 Å². The maximum Gasteiger partial charge on any atom is 0.241 e. The highest BCUT2D eigenvalue weighted by molar-refractivity contribution is 5.29. The van der Waals surface area contributed by atoms with Crippen LogP contribution >= 0.6 is 0 Å². The SMILES string of the molecule is Nc1ncc2c(n1)CC(C(F)F)CC2O. The van der Waals surface area contributed by atoms with E-state index in [2.05, 4.69) is 9.97 Å². The van der Waals surface area contributed by atoms with E-state index in [0.717, 1.165) is 0 Å². The molecule has 1 aliphatic rings. The molecule has 0 saturated heterocycles. The Bertz CT molecular complexity index is 372. The summed E-state index contributed by atoms with van der Waals surface area (Å²) in [6.07, 6.45) is -1.74. The quantitative estimate of drug-likeness (QED) is 0.730. The second kappa shape index (κ2) is 3.69. The van der Waals surface area contributed by atoms with Crippen molar-refractivity contribution in [1.82, 2.24) is 9.97 Å². The van der Waals surface area contributed by atoms with Crippen LogP contribution in [-0.2, 0) is 6.42 Å². The lowest BCUT2D eigenvalue weighted by Crippen LogP contribution is -2.25. The molecule has 1 aromatic rings. The van der Waals surface area contributed by atoms with Crippen LogP contribution in [0.4, 0.5) is 14.7 Å². The molecule has 0 bridgehead atoms. The van der Waals surface area contributed by atoms with Crippen molar-refractivity contribution < 1.29 is 13.9 Å². The summed E-state index contributed by atoms with van der Waals surface area (Å²) in [5, 5.41) is 9.62. The number of aromatic nitrogens is 2. The summed E-state index contributed by atoms with van der Waals surface area (Å²) in [5.74, 6) is -0.794. The molecule has 0 spiro atoms.